The summed E-state index contributed by atoms with van der Waals surface area (Å²) >= 11 is 0. The maximum Gasteiger partial charge on any atom is 0.492 e. The van der Waals surface area contributed by atoms with Crippen molar-refractivity contribution in [2.45, 2.75) is 38.9 Å². The minimum Gasteiger partial charge on any atom is -0.480 e. The van der Waals surface area contributed by atoms with E-state index in [1.807, 2.05) is 27.7 Å². The number of methoxy groups -OCH3 is 1. The average Bonchev–Trinajstić information content (AvgIpc) is 2.65. The lowest BCUT2D eigenvalue weighted by Crippen LogP contribution is -2.41. The van der Waals surface area contributed by atoms with E-state index in [1.165, 1.54) is 7.11 Å². The molecule has 2 rings (SSSR count). The first-order valence-corrected chi connectivity index (χ1v) is 7.16. The first kappa shape index (κ1) is 16.8. The number of pyridine rings is 1. The molecule has 0 amide bonds. The van der Waals surface area contributed by atoms with Crippen LogP contribution in [-0.2, 0) is 9.31 Å². The summed E-state index contributed by atoms with van der Waals surface area (Å²) in [5, 5.41) is 9.65. The Bertz CT molecular complexity index is 571. The summed E-state index contributed by atoms with van der Waals surface area (Å²) in [5.41, 5.74) is 6.73. The zero-order valence-electron chi connectivity index (χ0n) is 13.7. The maximum atomic E-state index is 9.65. The zero-order chi connectivity index (χ0) is 16.5. The van der Waals surface area contributed by atoms with Crippen LogP contribution in [0.15, 0.2) is 17.7 Å². The van der Waals surface area contributed by atoms with Gasteiger partial charge in [-0.15, -0.1) is 0 Å². The molecule has 1 aromatic rings. The Labute approximate surface area is 131 Å². The number of rotatable bonds is 4. The molecule has 2 heterocycles. The van der Waals surface area contributed by atoms with Gasteiger partial charge in [0.1, 0.15) is 0 Å². The van der Waals surface area contributed by atoms with E-state index < -0.39 is 18.3 Å². The van der Waals surface area contributed by atoms with Gasteiger partial charge in [-0.25, -0.2) is 4.98 Å². The number of anilines is 1. The molecule has 1 aliphatic heterocycles. The molecule has 1 saturated heterocycles. The fraction of sp³-hybridized carbons (Fsp3) is 0.533. The molecular formula is C15H23BN2O4. The van der Waals surface area contributed by atoms with Gasteiger partial charge in [0.05, 0.1) is 30.6 Å². The lowest BCUT2D eigenvalue weighted by molar-refractivity contribution is 0.00578. The van der Waals surface area contributed by atoms with E-state index in [9.17, 15) is 5.11 Å². The van der Waals surface area contributed by atoms with Gasteiger partial charge in [-0.1, -0.05) is 6.08 Å². The van der Waals surface area contributed by atoms with Gasteiger partial charge >= 0.3 is 7.12 Å². The molecule has 0 saturated carbocycles. The summed E-state index contributed by atoms with van der Waals surface area (Å²) in [6.07, 6.45) is 3.39. The standard InChI is InChI=1S/C15H23BN2O4/c1-14(2)15(3,4)22-16(21-14)11(9-19)6-10-7-12(17)13(20-5)18-8-10/h6-8,19H,9,17H2,1-5H3. The lowest BCUT2D eigenvalue weighted by atomic mass is 9.77. The second kappa shape index (κ2) is 5.91. The second-order valence-electron chi connectivity index (χ2n) is 6.33. The molecule has 3 N–H and O–H groups in total. The molecule has 22 heavy (non-hydrogen) atoms. The van der Waals surface area contributed by atoms with Gasteiger partial charge in [0, 0.05) is 6.20 Å². The number of hydrogen-bond donors (Lipinski definition) is 2. The van der Waals surface area contributed by atoms with Crippen molar-refractivity contribution in [1.82, 2.24) is 4.98 Å². The lowest BCUT2D eigenvalue weighted by Gasteiger charge is -2.32. The Morgan fingerprint density at radius 1 is 1.36 bits per heavy atom. The van der Waals surface area contributed by atoms with Gasteiger partial charge in [-0.2, -0.15) is 0 Å². The number of nitrogens with two attached hydrogens (primary N) is 1. The SMILES string of the molecule is COc1ncc(C=C(CO)B2OC(C)(C)C(C)(C)O2)cc1N. The fourth-order valence-corrected chi connectivity index (χ4v) is 2.13. The van der Waals surface area contributed by atoms with E-state index in [4.69, 9.17) is 19.8 Å². The fourth-order valence-electron chi connectivity index (χ4n) is 2.13. The molecule has 0 atom stereocenters. The molecule has 1 fully saturated rings. The molecule has 7 heteroatoms. The van der Waals surface area contributed by atoms with Crippen molar-refractivity contribution >= 4 is 18.9 Å². The highest BCUT2D eigenvalue weighted by Crippen LogP contribution is 2.38. The van der Waals surface area contributed by atoms with Crippen LogP contribution >= 0.6 is 0 Å². The van der Waals surface area contributed by atoms with Crippen LogP contribution < -0.4 is 10.5 Å². The van der Waals surface area contributed by atoms with Crippen molar-refractivity contribution in [3.63, 3.8) is 0 Å². The van der Waals surface area contributed by atoms with Crippen molar-refractivity contribution in [1.29, 1.82) is 0 Å². The van der Waals surface area contributed by atoms with Crippen LogP contribution in [0.2, 0.25) is 0 Å². The van der Waals surface area contributed by atoms with Crippen LogP contribution in [0.4, 0.5) is 5.69 Å². The van der Waals surface area contributed by atoms with E-state index in [0.717, 1.165) is 5.56 Å². The van der Waals surface area contributed by atoms with Gasteiger partial charge in [-0.05, 0) is 44.8 Å². The van der Waals surface area contributed by atoms with E-state index >= 15 is 0 Å². The van der Waals surface area contributed by atoms with Crippen LogP contribution in [-0.4, -0.2) is 42.1 Å². The quantitative estimate of drug-likeness (QED) is 0.823. The molecule has 120 valence electrons. The molecule has 0 radical (unpaired) electrons. The van der Waals surface area contributed by atoms with Crippen LogP contribution in [0.5, 0.6) is 5.88 Å². The minimum atomic E-state index is -0.599. The predicted octanol–water partition coefficient (Wildman–Crippen LogP) is 1.68. The van der Waals surface area contributed by atoms with Gasteiger partial charge < -0.3 is 24.9 Å². The summed E-state index contributed by atoms with van der Waals surface area (Å²) in [6, 6.07) is 1.73. The van der Waals surface area contributed by atoms with Crippen LogP contribution in [0, 0.1) is 0 Å². The monoisotopic (exact) mass is 306 g/mol. The van der Waals surface area contributed by atoms with E-state index in [2.05, 4.69) is 4.98 Å². The Morgan fingerprint density at radius 3 is 2.41 bits per heavy atom. The highest BCUT2D eigenvalue weighted by Gasteiger charge is 2.52. The normalized spacial score (nSPS) is 20.3. The Morgan fingerprint density at radius 2 is 1.95 bits per heavy atom. The summed E-state index contributed by atoms with van der Waals surface area (Å²) in [4.78, 5) is 4.11. The number of ether oxygens (including phenoxy) is 1. The van der Waals surface area contributed by atoms with Crippen molar-refractivity contribution in [2.75, 3.05) is 19.5 Å². The minimum absolute atomic E-state index is 0.178. The number of aliphatic hydroxyl groups excluding tert-OH is 1. The maximum absolute atomic E-state index is 9.65. The molecule has 0 aromatic carbocycles. The molecule has 0 bridgehead atoms. The van der Waals surface area contributed by atoms with Gasteiger partial charge in [0.15, 0.2) is 0 Å². The second-order valence-corrected chi connectivity index (χ2v) is 6.33. The number of aliphatic hydroxyl groups is 1. The van der Waals surface area contributed by atoms with Crippen molar-refractivity contribution in [3.05, 3.63) is 23.3 Å². The first-order chi connectivity index (χ1) is 10.2. The van der Waals surface area contributed by atoms with E-state index in [-0.39, 0.29) is 6.61 Å². The zero-order valence-corrected chi connectivity index (χ0v) is 13.7. The van der Waals surface area contributed by atoms with Crippen molar-refractivity contribution < 1.29 is 19.2 Å². The number of hydrogen-bond acceptors (Lipinski definition) is 6. The Hall–Kier alpha value is -1.57. The number of nitrogen functional groups attached to an aromatic ring is 1. The van der Waals surface area contributed by atoms with Crippen LogP contribution in [0.3, 0.4) is 0 Å². The number of aromatic nitrogens is 1. The summed E-state index contributed by atoms with van der Waals surface area (Å²) in [7, 11) is 0.913. The average molecular weight is 306 g/mol. The molecule has 1 aliphatic rings. The van der Waals surface area contributed by atoms with Crippen LogP contribution in [0.1, 0.15) is 33.3 Å². The van der Waals surface area contributed by atoms with E-state index in [1.54, 1.807) is 18.3 Å². The highest BCUT2D eigenvalue weighted by molar-refractivity contribution is 6.55. The molecule has 6 nitrogen and oxygen atoms in total. The van der Waals surface area contributed by atoms with Gasteiger partial charge in [0.25, 0.3) is 0 Å². The topological polar surface area (TPSA) is 86.8 Å². The molecule has 1 aromatic heterocycles. The smallest absolute Gasteiger partial charge is 0.480 e. The molecular weight excluding hydrogens is 283 g/mol. The third kappa shape index (κ3) is 3.11. The molecule has 0 aliphatic carbocycles. The summed E-state index contributed by atoms with van der Waals surface area (Å²) in [6.45, 7) is 7.69. The first-order valence-electron chi connectivity index (χ1n) is 7.16. The third-order valence-electron chi connectivity index (χ3n) is 4.18. The van der Waals surface area contributed by atoms with Gasteiger partial charge in [-0.3, -0.25) is 0 Å². The Kier molecular flexibility index (Phi) is 4.51. The predicted molar refractivity (Wildman–Crippen MR) is 86.3 cm³/mol. The molecule has 0 spiro atoms. The van der Waals surface area contributed by atoms with Crippen LogP contribution in [0.25, 0.3) is 6.08 Å². The van der Waals surface area contributed by atoms with Crippen molar-refractivity contribution in [2.24, 2.45) is 0 Å². The Balaban J connectivity index is 2.27. The van der Waals surface area contributed by atoms with Gasteiger partial charge in [0.2, 0.25) is 5.88 Å². The van der Waals surface area contributed by atoms with Crippen molar-refractivity contribution in [3.8, 4) is 5.88 Å². The molecule has 0 unspecified atom stereocenters. The third-order valence-corrected chi connectivity index (χ3v) is 4.18. The van der Waals surface area contributed by atoms with E-state index in [0.29, 0.717) is 17.0 Å². The highest BCUT2D eigenvalue weighted by atomic mass is 16.7. The number of nitrogens with zero attached hydrogens (tertiary/aromatic N) is 1. The summed E-state index contributed by atoms with van der Waals surface area (Å²) < 4.78 is 16.9. The summed E-state index contributed by atoms with van der Waals surface area (Å²) in [5.74, 6) is 0.373. The largest absolute Gasteiger partial charge is 0.492 e.